The molecule has 1 aliphatic carbocycles. The second-order valence-corrected chi connectivity index (χ2v) is 6.56. The zero-order valence-corrected chi connectivity index (χ0v) is 15.8. The van der Waals surface area contributed by atoms with Crippen LogP contribution in [0.2, 0.25) is 0 Å². The fraction of sp³-hybridized carbons (Fsp3) is 0.304. The van der Waals surface area contributed by atoms with Crippen LogP contribution in [-0.4, -0.2) is 21.2 Å². The molecule has 140 valence electrons. The first kappa shape index (κ1) is 18.9. The van der Waals surface area contributed by atoms with Crippen molar-refractivity contribution in [1.82, 2.24) is 4.98 Å². The number of aromatic hydroxyl groups is 1. The summed E-state index contributed by atoms with van der Waals surface area (Å²) in [6, 6.07) is 13.5. The maximum atomic E-state index is 11.8. The van der Waals surface area contributed by atoms with Crippen molar-refractivity contribution in [2.75, 3.05) is 0 Å². The third kappa shape index (κ3) is 3.65. The average Bonchev–Trinajstić information content (AvgIpc) is 2.70. The first-order valence-electron chi connectivity index (χ1n) is 9.58. The second kappa shape index (κ2) is 8.21. The number of pyridine rings is 1. The SMILES string of the molecule is CC.O=C(O)c1c(O)c(Cc2ccccc2)nc2c3c(ccc12)CCCC3. The van der Waals surface area contributed by atoms with Crippen LogP contribution in [0.1, 0.15) is 59.4 Å². The molecule has 3 aromatic rings. The van der Waals surface area contributed by atoms with Gasteiger partial charge in [-0.15, -0.1) is 0 Å². The molecule has 0 spiro atoms. The summed E-state index contributed by atoms with van der Waals surface area (Å²) in [5, 5.41) is 20.8. The lowest BCUT2D eigenvalue weighted by Crippen LogP contribution is -2.09. The number of carbonyl (C=O) groups is 1. The Hall–Kier alpha value is -2.88. The van der Waals surface area contributed by atoms with Gasteiger partial charge >= 0.3 is 5.97 Å². The summed E-state index contributed by atoms with van der Waals surface area (Å²) in [5.74, 6) is -1.34. The molecule has 1 heterocycles. The largest absolute Gasteiger partial charge is 0.505 e. The summed E-state index contributed by atoms with van der Waals surface area (Å²) in [4.78, 5) is 16.5. The average molecular weight is 363 g/mol. The highest BCUT2D eigenvalue weighted by Crippen LogP contribution is 2.35. The van der Waals surface area contributed by atoms with Crippen LogP contribution in [0.25, 0.3) is 10.9 Å². The quantitative estimate of drug-likeness (QED) is 0.676. The van der Waals surface area contributed by atoms with Gasteiger partial charge in [0, 0.05) is 11.8 Å². The molecule has 27 heavy (non-hydrogen) atoms. The number of hydrogen-bond donors (Lipinski definition) is 2. The van der Waals surface area contributed by atoms with Gasteiger partial charge in [-0.05, 0) is 42.4 Å². The highest BCUT2D eigenvalue weighted by atomic mass is 16.4. The van der Waals surface area contributed by atoms with Crippen molar-refractivity contribution in [3.63, 3.8) is 0 Å². The number of hydrogen-bond acceptors (Lipinski definition) is 3. The van der Waals surface area contributed by atoms with Crippen molar-refractivity contribution >= 4 is 16.9 Å². The lowest BCUT2D eigenvalue weighted by atomic mass is 9.88. The molecule has 1 aliphatic rings. The van der Waals surface area contributed by atoms with E-state index < -0.39 is 5.97 Å². The standard InChI is InChI=1S/C21H19NO3.C2H6/c23-20-17(12-13-6-2-1-3-7-13)22-19-15-9-5-4-8-14(15)10-11-16(19)18(20)21(24)25;1-2/h1-3,6-7,10-11,23H,4-5,8-9,12H2,(H,24,25);1-2H3. The molecule has 2 aromatic carbocycles. The van der Waals surface area contributed by atoms with Gasteiger partial charge in [0.25, 0.3) is 0 Å². The Bertz CT molecular complexity index is 965. The molecule has 0 radical (unpaired) electrons. The summed E-state index contributed by atoms with van der Waals surface area (Å²) in [6.45, 7) is 4.00. The predicted octanol–water partition coefficient (Wildman–Crippen LogP) is 5.13. The van der Waals surface area contributed by atoms with Gasteiger partial charge in [0.05, 0.1) is 11.2 Å². The maximum absolute atomic E-state index is 11.8. The van der Waals surface area contributed by atoms with E-state index in [1.165, 1.54) is 5.56 Å². The van der Waals surface area contributed by atoms with Crippen molar-refractivity contribution < 1.29 is 15.0 Å². The zero-order chi connectivity index (χ0) is 19.4. The second-order valence-electron chi connectivity index (χ2n) is 6.56. The number of benzene rings is 2. The van der Waals surface area contributed by atoms with E-state index in [9.17, 15) is 15.0 Å². The number of carboxylic acids is 1. The van der Waals surface area contributed by atoms with Gasteiger partial charge in [0.1, 0.15) is 5.56 Å². The molecule has 0 fully saturated rings. The number of nitrogens with zero attached hydrogens (tertiary/aromatic N) is 1. The molecule has 4 nitrogen and oxygen atoms in total. The van der Waals surface area contributed by atoms with E-state index in [0.717, 1.165) is 42.3 Å². The van der Waals surface area contributed by atoms with E-state index in [1.54, 1.807) is 6.07 Å². The first-order valence-corrected chi connectivity index (χ1v) is 9.58. The van der Waals surface area contributed by atoms with Gasteiger partial charge in [-0.2, -0.15) is 0 Å². The Morgan fingerprint density at radius 1 is 1.04 bits per heavy atom. The van der Waals surface area contributed by atoms with Gasteiger partial charge in [-0.3, -0.25) is 0 Å². The smallest absolute Gasteiger partial charge is 0.340 e. The molecular weight excluding hydrogens is 338 g/mol. The Kier molecular flexibility index (Phi) is 5.75. The Labute approximate surface area is 159 Å². The molecule has 0 saturated heterocycles. The van der Waals surface area contributed by atoms with Crippen LogP contribution in [0.5, 0.6) is 5.75 Å². The summed E-state index contributed by atoms with van der Waals surface area (Å²) in [7, 11) is 0. The van der Waals surface area contributed by atoms with E-state index in [0.29, 0.717) is 17.5 Å². The number of aryl methyl sites for hydroxylation is 2. The molecule has 2 N–H and O–H groups in total. The minimum atomic E-state index is -1.12. The van der Waals surface area contributed by atoms with Gasteiger partial charge in [0.15, 0.2) is 5.75 Å². The minimum Gasteiger partial charge on any atom is -0.505 e. The van der Waals surface area contributed by atoms with Gasteiger partial charge in [0.2, 0.25) is 0 Å². The van der Waals surface area contributed by atoms with E-state index in [2.05, 4.69) is 0 Å². The molecule has 0 atom stereocenters. The van der Waals surface area contributed by atoms with Crippen molar-refractivity contribution in [3.05, 3.63) is 70.4 Å². The van der Waals surface area contributed by atoms with Gasteiger partial charge in [-0.25, -0.2) is 9.78 Å². The predicted molar refractivity (Wildman–Crippen MR) is 108 cm³/mol. The first-order chi connectivity index (χ1) is 13.1. The van der Waals surface area contributed by atoms with Crippen LogP contribution in [0.15, 0.2) is 42.5 Å². The van der Waals surface area contributed by atoms with E-state index in [4.69, 9.17) is 4.98 Å². The molecule has 0 amide bonds. The lowest BCUT2D eigenvalue weighted by molar-refractivity contribution is 0.0695. The Balaban J connectivity index is 0.00000102. The van der Waals surface area contributed by atoms with E-state index in [1.807, 2.05) is 50.2 Å². The number of rotatable bonds is 3. The van der Waals surface area contributed by atoms with Gasteiger partial charge < -0.3 is 10.2 Å². The Morgan fingerprint density at radius 2 is 1.74 bits per heavy atom. The molecular formula is C23H25NO3. The highest BCUT2D eigenvalue weighted by Gasteiger charge is 2.23. The molecule has 0 aliphatic heterocycles. The number of carboxylic acid groups (broad SMARTS) is 1. The van der Waals surface area contributed by atoms with Crippen LogP contribution in [0.3, 0.4) is 0 Å². The minimum absolute atomic E-state index is 0.0377. The molecule has 0 bridgehead atoms. The summed E-state index contributed by atoms with van der Waals surface area (Å²) >= 11 is 0. The van der Waals surface area contributed by atoms with E-state index in [-0.39, 0.29) is 11.3 Å². The van der Waals surface area contributed by atoms with Crippen molar-refractivity contribution in [2.45, 2.75) is 46.0 Å². The summed E-state index contributed by atoms with van der Waals surface area (Å²) < 4.78 is 0. The van der Waals surface area contributed by atoms with Crippen molar-refractivity contribution in [2.24, 2.45) is 0 Å². The topological polar surface area (TPSA) is 70.4 Å². The van der Waals surface area contributed by atoms with Crippen molar-refractivity contribution in [1.29, 1.82) is 0 Å². The molecule has 0 saturated carbocycles. The van der Waals surface area contributed by atoms with Crippen molar-refractivity contribution in [3.8, 4) is 5.75 Å². The van der Waals surface area contributed by atoms with Crippen LogP contribution in [-0.2, 0) is 19.3 Å². The maximum Gasteiger partial charge on any atom is 0.340 e. The third-order valence-electron chi connectivity index (χ3n) is 4.96. The number of fused-ring (bicyclic) bond motifs is 3. The molecule has 4 rings (SSSR count). The fourth-order valence-corrected chi connectivity index (χ4v) is 3.73. The van der Waals surface area contributed by atoms with Crippen LogP contribution in [0, 0.1) is 0 Å². The normalized spacial score (nSPS) is 12.8. The number of aromatic carboxylic acids is 1. The molecule has 0 unspecified atom stereocenters. The van der Waals surface area contributed by atoms with Crippen LogP contribution >= 0.6 is 0 Å². The zero-order valence-electron chi connectivity index (χ0n) is 15.8. The third-order valence-corrected chi connectivity index (χ3v) is 4.96. The highest BCUT2D eigenvalue weighted by molar-refractivity contribution is 6.06. The monoisotopic (exact) mass is 363 g/mol. The number of aromatic nitrogens is 1. The fourth-order valence-electron chi connectivity index (χ4n) is 3.73. The summed E-state index contributed by atoms with van der Waals surface area (Å²) in [5.41, 5.74) is 4.50. The van der Waals surface area contributed by atoms with Gasteiger partial charge in [-0.1, -0.05) is 56.3 Å². The van der Waals surface area contributed by atoms with E-state index >= 15 is 0 Å². The summed E-state index contributed by atoms with van der Waals surface area (Å²) in [6.07, 6.45) is 4.56. The van der Waals surface area contributed by atoms with Crippen LogP contribution in [0.4, 0.5) is 0 Å². The Morgan fingerprint density at radius 3 is 2.44 bits per heavy atom. The van der Waals surface area contributed by atoms with Crippen LogP contribution < -0.4 is 0 Å². The lowest BCUT2D eigenvalue weighted by Gasteiger charge is -2.19. The molecule has 4 heteroatoms. The molecule has 1 aromatic heterocycles.